The van der Waals surface area contributed by atoms with Gasteiger partial charge in [-0.15, -0.1) is 11.3 Å². The molecule has 2 heterocycles. The molecule has 0 amide bonds. The minimum atomic E-state index is -0.622. The van der Waals surface area contributed by atoms with Gasteiger partial charge < -0.3 is 0 Å². The van der Waals surface area contributed by atoms with Gasteiger partial charge in [0.1, 0.15) is 5.82 Å². The zero-order valence-corrected chi connectivity index (χ0v) is 11.1. The van der Waals surface area contributed by atoms with Crippen LogP contribution in [0.3, 0.4) is 0 Å². The average molecular weight is 292 g/mol. The molecule has 0 unspecified atom stereocenters. The summed E-state index contributed by atoms with van der Waals surface area (Å²) in [5.74, 6) is -1.01. The number of carbonyl (C=O) groups is 1. The van der Waals surface area contributed by atoms with Crippen LogP contribution >= 0.6 is 22.9 Å². The molecular weight excluding hydrogens is 285 g/mol. The molecule has 94 valence electrons. The molecule has 3 rings (SSSR count). The SMILES string of the molecule is O=C(c1cnc2ccsc2c1)c1ccc(Cl)cc1F. The lowest BCUT2D eigenvalue weighted by molar-refractivity contribution is 0.103. The zero-order valence-electron chi connectivity index (χ0n) is 9.56. The molecule has 0 bridgehead atoms. The van der Waals surface area contributed by atoms with Crippen molar-refractivity contribution < 1.29 is 9.18 Å². The predicted octanol–water partition coefficient (Wildman–Crippen LogP) is 4.32. The van der Waals surface area contributed by atoms with E-state index >= 15 is 0 Å². The summed E-state index contributed by atoms with van der Waals surface area (Å²) >= 11 is 7.16. The van der Waals surface area contributed by atoms with Gasteiger partial charge in [-0.1, -0.05) is 11.6 Å². The highest BCUT2D eigenvalue weighted by molar-refractivity contribution is 7.17. The van der Waals surface area contributed by atoms with E-state index < -0.39 is 11.6 Å². The van der Waals surface area contributed by atoms with Crippen LogP contribution in [0.5, 0.6) is 0 Å². The van der Waals surface area contributed by atoms with Crippen LogP contribution in [-0.4, -0.2) is 10.8 Å². The Morgan fingerprint density at radius 3 is 2.89 bits per heavy atom. The molecule has 0 atom stereocenters. The number of halogens is 2. The third kappa shape index (κ3) is 2.25. The minimum Gasteiger partial charge on any atom is -0.288 e. The van der Waals surface area contributed by atoms with E-state index in [2.05, 4.69) is 4.98 Å². The largest absolute Gasteiger partial charge is 0.288 e. The number of carbonyl (C=O) groups excluding carboxylic acids is 1. The topological polar surface area (TPSA) is 30.0 Å². The molecule has 0 aliphatic heterocycles. The first-order chi connectivity index (χ1) is 9.15. The fourth-order valence-electron chi connectivity index (χ4n) is 1.80. The van der Waals surface area contributed by atoms with Gasteiger partial charge in [-0.2, -0.15) is 0 Å². The van der Waals surface area contributed by atoms with Crippen molar-refractivity contribution in [2.45, 2.75) is 0 Å². The van der Waals surface area contributed by atoms with Crippen LogP contribution in [0.1, 0.15) is 15.9 Å². The van der Waals surface area contributed by atoms with Gasteiger partial charge in [-0.3, -0.25) is 9.78 Å². The number of fused-ring (bicyclic) bond motifs is 1. The van der Waals surface area contributed by atoms with Gasteiger partial charge in [0.25, 0.3) is 0 Å². The third-order valence-electron chi connectivity index (χ3n) is 2.74. The highest BCUT2D eigenvalue weighted by Gasteiger charge is 2.15. The summed E-state index contributed by atoms with van der Waals surface area (Å²) < 4.78 is 14.6. The average Bonchev–Trinajstić information content (AvgIpc) is 2.85. The molecule has 0 N–H and O–H groups in total. The van der Waals surface area contributed by atoms with Crippen molar-refractivity contribution in [3.05, 3.63) is 63.9 Å². The van der Waals surface area contributed by atoms with E-state index in [4.69, 9.17) is 11.6 Å². The lowest BCUT2D eigenvalue weighted by atomic mass is 10.0. The monoisotopic (exact) mass is 291 g/mol. The van der Waals surface area contributed by atoms with E-state index in [-0.39, 0.29) is 10.6 Å². The van der Waals surface area contributed by atoms with Crippen LogP contribution in [-0.2, 0) is 0 Å². The lowest BCUT2D eigenvalue weighted by Gasteiger charge is -2.03. The lowest BCUT2D eigenvalue weighted by Crippen LogP contribution is -2.04. The Bertz CT molecular complexity index is 784. The second-order valence-electron chi connectivity index (χ2n) is 3.98. The second kappa shape index (κ2) is 4.72. The van der Waals surface area contributed by atoms with Gasteiger partial charge >= 0.3 is 0 Å². The van der Waals surface area contributed by atoms with Crippen molar-refractivity contribution in [2.75, 3.05) is 0 Å². The molecule has 0 fully saturated rings. The summed E-state index contributed by atoms with van der Waals surface area (Å²) in [6.07, 6.45) is 1.46. The Balaban J connectivity index is 2.07. The third-order valence-corrected chi connectivity index (χ3v) is 3.83. The molecule has 0 spiro atoms. The van der Waals surface area contributed by atoms with E-state index in [1.807, 2.05) is 11.4 Å². The molecule has 0 saturated heterocycles. The number of thiophene rings is 1. The van der Waals surface area contributed by atoms with Crippen molar-refractivity contribution in [2.24, 2.45) is 0 Å². The fourth-order valence-corrected chi connectivity index (χ4v) is 2.74. The predicted molar refractivity (Wildman–Crippen MR) is 74.5 cm³/mol. The molecule has 3 aromatic rings. The zero-order chi connectivity index (χ0) is 13.4. The molecule has 5 heteroatoms. The van der Waals surface area contributed by atoms with Gasteiger partial charge in [-0.05, 0) is 35.7 Å². The maximum atomic E-state index is 13.7. The first kappa shape index (κ1) is 12.3. The Hall–Kier alpha value is -1.78. The Labute approximate surface area is 117 Å². The van der Waals surface area contributed by atoms with Crippen LogP contribution in [0.4, 0.5) is 4.39 Å². The summed E-state index contributed by atoms with van der Waals surface area (Å²) in [6.45, 7) is 0. The maximum Gasteiger partial charge on any atom is 0.197 e. The summed E-state index contributed by atoms with van der Waals surface area (Å²) in [7, 11) is 0. The molecule has 0 aliphatic rings. The molecule has 0 saturated carbocycles. The Morgan fingerprint density at radius 2 is 2.11 bits per heavy atom. The molecule has 0 aliphatic carbocycles. The van der Waals surface area contributed by atoms with Gasteiger partial charge in [0.2, 0.25) is 0 Å². The van der Waals surface area contributed by atoms with Crippen molar-refractivity contribution >= 4 is 38.9 Å². The summed E-state index contributed by atoms with van der Waals surface area (Å²) in [5.41, 5.74) is 1.21. The first-order valence-corrected chi connectivity index (χ1v) is 6.74. The number of rotatable bonds is 2. The van der Waals surface area contributed by atoms with Crippen molar-refractivity contribution in [3.63, 3.8) is 0 Å². The number of hydrogen-bond acceptors (Lipinski definition) is 3. The number of benzene rings is 1. The maximum absolute atomic E-state index is 13.7. The Kier molecular flexibility index (Phi) is 3.05. The molecule has 0 radical (unpaired) electrons. The van der Waals surface area contributed by atoms with E-state index in [9.17, 15) is 9.18 Å². The molecule has 19 heavy (non-hydrogen) atoms. The van der Waals surface area contributed by atoms with E-state index in [1.165, 1.54) is 29.7 Å². The van der Waals surface area contributed by atoms with Crippen molar-refractivity contribution in [1.82, 2.24) is 4.98 Å². The normalized spacial score (nSPS) is 10.8. The minimum absolute atomic E-state index is 0.00195. The van der Waals surface area contributed by atoms with Gasteiger partial charge in [0.15, 0.2) is 5.78 Å². The van der Waals surface area contributed by atoms with Crippen LogP contribution in [0.2, 0.25) is 5.02 Å². The number of nitrogens with zero attached hydrogens (tertiary/aromatic N) is 1. The van der Waals surface area contributed by atoms with Crippen molar-refractivity contribution in [3.8, 4) is 0 Å². The van der Waals surface area contributed by atoms with Gasteiger partial charge in [-0.25, -0.2) is 4.39 Å². The molecule has 1 aromatic carbocycles. The van der Waals surface area contributed by atoms with Crippen molar-refractivity contribution in [1.29, 1.82) is 0 Å². The molecular formula is C14H7ClFNOS. The first-order valence-electron chi connectivity index (χ1n) is 5.48. The summed E-state index contributed by atoms with van der Waals surface area (Å²) in [6, 6.07) is 7.61. The summed E-state index contributed by atoms with van der Waals surface area (Å²) in [5, 5.41) is 2.16. The van der Waals surface area contributed by atoms with E-state index in [0.29, 0.717) is 5.56 Å². The summed E-state index contributed by atoms with van der Waals surface area (Å²) in [4.78, 5) is 16.4. The fraction of sp³-hybridized carbons (Fsp3) is 0. The highest BCUT2D eigenvalue weighted by atomic mass is 35.5. The van der Waals surface area contributed by atoms with E-state index in [1.54, 1.807) is 6.07 Å². The molecule has 2 nitrogen and oxygen atoms in total. The number of pyridine rings is 1. The number of ketones is 1. The number of hydrogen-bond donors (Lipinski definition) is 0. The highest BCUT2D eigenvalue weighted by Crippen LogP contribution is 2.22. The quantitative estimate of drug-likeness (QED) is 0.658. The van der Waals surface area contributed by atoms with Gasteiger partial charge in [0, 0.05) is 16.8 Å². The Morgan fingerprint density at radius 1 is 1.26 bits per heavy atom. The van der Waals surface area contributed by atoms with Crippen LogP contribution < -0.4 is 0 Å². The van der Waals surface area contributed by atoms with Crippen LogP contribution in [0, 0.1) is 5.82 Å². The van der Waals surface area contributed by atoms with E-state index in [0.717, 1.165) is 16.3 Å². The van der Waals surface area contributed by atoms with Crippen LogP contribution in [0.15, 0.2) is 41.9 Å². The van der Waals surface area contributed by atoms with Crippen LogP contribution in [0.25, 0.3) is 10.2 Å². The standard InChI is InChI=1S/C14H7ClFNOS/c15-9-1-2-10(11(16)6-9)14(18)8-5-13-12(17-7-8)3-4-19-13/h1-7H. The smallest absolute Gasteiger partial charge is 0.197 e. The molecule has 2 aromatic heterocycles. The van der Waals surface area contributed by atoms with Gasteiger partial charge in [0.05, 0.1) is 15.8 Å². The number of aromatic nitrogens is 1. The second-order valence-corrected chi connectivity index (χ2v) is 5.37.